The molecule has 0 saturated heterocycles. The zero-order valence-electron chi connectivity index (χ0n) is 10.9. The van der Waals surface area contributed by atoms with Crippen LogP contribution in [0.3, 0.4) is 0 Å². The molecule has 10 heteroatoms. The highest BCUT2D eigenvalue weighted by Gasteiger charge is 2.23. The van der Waals surface area contributed by atoms with E-state index in [1.54, 1.807) is 0 Å². The number of ether oxygens (including phenoxy) is 1. The lowest BCUT2D eigenvalue weighted by Gasteiger charge is -2.09. The Morgan fingerprint density at radius 1 is 1.55 bits per heavy atom. The molecule has 1 unspecified atom stereocenters. The van der Waals surface area contributed by atoms with E-state index in [9.17, 15) is 23.1 Å². The van der Waals surface area contributed by atoms with Gasteiger partial charge in [0, 0.05) is 19.8 Å². The molecule has 0 aromatic carbocycles. The summed E-state index contributed by atoms with van der Waals surface area (Å²) < 4.78 is 31.3. The van der Waals surface area contributed by atoms with Gasteiger partial charge in [0.2, 0.25) is 10.0 Å². The first kappa shape index (κ1) is 16.1. The summed E-state index contributed by atoms with van der Waals surface area (Å²) in [5, 5.41) is 9.30. The summed E-state index contributed by atoms with van der Waals surface area (Å²) in [6.45, 7) is -0.546. The van der Waals surface area contributed by atoms with E-state index >= 15 is 0 Å². The summed E-state index contributed by atoms with van der Waals surface area (Å²) in [5.41, 5.74) is 5.09. The summed E-state index contributed by atoms with van der Waals surface area (Å²) in [5.74, 6) is -1.73. The minimum Gasteiger partial charge on any atom is -0.467 e. The maximum atomic E-state index is 11.9. The van der Waals surface area contributed by atoms with E-state index in [4.69, 9.17) is 5.73 Å². The van der Waals surface area contributed by atoms with Crippen molar-refractivity contribution >= 4 is 21.9 Å². The molecule has 1 rings (SSSR count). The normalized spacial score (nSPS) is 12.9. The molecule has 0 aliphatic carbocycles. The van der Waals surface area contributed by atoms with Gasteiger partial charge in [0.1, 0.15) is 10.6 Å². The lowest BCUT2D eigenvalue weighted by Crippen LogP contribution is -2.37. The number of nitrogens with one attached hydrogen (secondary N) is 1. The molecule has 4 N–H and O–H groups in total. The van der Waals surface area contributed by atoms with Crippen molar-refractivity contribution in [2.75, 3.05) is 13.7 Å². The van der Waals surface area contributed by atoms with Gasteiger partial charge in [0.25, 0.3) is 5.91 Å². The number of amides is 1. The number of methoxy groups -OCH3 is 1. The molecular formula is C10H15N3O6S. The van der Waals surface area contributed by atoms with Crippen molar-refractivity contribution in [3.05, 3.63) is 18.0 Å². The number of carbonyl (C=O) groups excluding carboxylic acids is 2. The molecule has 112 valence electrons. The van der Waals surface area contributed by atoms with E-state index in [2.05, 4.69) is 4.74 Å². The van der Waals surface area contributed by atoms with E-state index < -0.39 is 34.5 Å². The van der Waals surface area contributed by atoms with E-state index in [1.165, 1.54) is 17.8 Å². The summed E-state index contributed by atoms with van der Waals surface area (Å²) in [4.78, 5) is 21.8. The number of nitrogens with two attached hydrogens (primary N) is 1. The number of hydrogen-bond donors (Lipinski definition) is 3. The Labute approximate surface area is 115 Å². The Kier molecular flexibility index (Phi) is 4.87. The molecule has 20 heavy (non-hydrogen) atoms. The van der Waals surface area contributed by atoms with Crippen LogP contribution in [-0.2, 0) is 26.6 Å². The summed E-state index contributed by atoms with van der Waals surface area (Å²) in [7, 11) is -1.45. The van der Waals surface area contributed by atoms with Gasteiger partial charge in [-0.15, -0.1) is 0 Å². The minimum atomic E-state index is -3.98. The Morgan fingerprint density at radius 3 is 2.60 bits per heavy atom. The third-order valence-corrected chi connectivity index (χ3v) is 3.87. The summed E-state index contributed by atoms with van der Waals surface area (Å²) >= 11 is 0. The van der Waals surface area contributed by atoms with Crippen LogP contribution in [0.2, 0.25) is 0 Å². The fraction of sp³-hybridized carbons (Fsp3) is 0.400. The van der Waals surface area contributed by atoms with Gasteiger partial charge in [0.05, 0.1) is 7.11 Å². The fourth-order valence-electron chi connectivity index (χ4n) is 1.42. The van der Waals surface area contributed by atoms with Crippen molar-refractivity contribution in [2.45, 2.75) is 11.0 Å². The highest BCUT2D eigenvalue weighted by molar-refractivity contribution is 7.89. The maximum Gasteiger partial charge on any atom is 0.336 e. The first-order valence-corrected chi connectivity index (χ1v) is 6.89. The van der Waals surface area contributed by atoms with Gasteiger partial charge in [-0.3, -0.25) is 4.79 Å². The number of nitrogens with zero attached hydrogens (tertiary/aromatic N) is 1. The van der Waals surface area contributed by atoms with Crippen molar-refractivity contribution in [1.29, 1.82) is 0 Å². The SMILES string of the molecule is COC(=O)C(O)CNS(=O)(=O)c1cc(C(N)=O)n(C)c1. The van der Waals surface area contributed by atoms with Crippen molar-refractivity contribution < 1.29 is 27.9 Å². The highest BCUT2D eigenvalue weighted by Crippen LogP contribution is 2.12. The lowest BCUT2D eigenvalue weighted by molar-refractivity contribution is -0.149. The lowest BCUT2D eigenvalue weighted by atomic mass is 10.4. The van der Waals surface area contributed by atoms with E-state index in [-0.39, 0.29) is 10.6 Å². The third kappa shape index (κ3) is 3.56. The Balaban J connectivity index is 2.87. The number of aryl methyl sites for hydroxylation is 1. The zero-order chi connectivity index (χ0) is 15.5. The molecule has 1 atom stereocenters. The van der Waals surface area contributed by atoms with Crippen molar-refractivity contribution in [2.24, 2.45) is 12.8 Å². The molecule has 0 spiro atoms. The Hall–Kier alpha value is -1.91. The molecule has 0 saturated carbocycles. The van der Waals surface area contributed by atoms with Crippen LogP contribution in [0.1, 0.15) is 10.5 Å². The molecule has 0 bridgehead atoms. The number of rotatable bonds is 6. The van der Waals surface area contributed by atoms with Crippen LogP contribution in [0.25, 0.3) is 0 Å². The summed E-state index contributed by atoms with van der Waals surface area (Å²) in [6.07, 6.45) is -0.429. The predicted molar refractivity (Wildman–Crippen MR) is 67.1 cm³/mol. The quantitative estimate of drug-likeness (QED) is 0.516. The molecule has 1 heterocycles. The topological polar surface area (TPSA) is 141 Å². The number of sulfonamides is 1. The van der Waals surface area contributed by atoms with Crippen LogP contribution in [-0.4, -0.2) is 49.7 Å². The first-order chi connectivity index (χ1) is 9.19. The number of carbonyl (C=O) groups is 2. The van der Waals surface area contributed by atoms with Crippen molar-refractivity contribution in [3.8, 4) is 0 Å². The van der Waals surface area contributed by atoms with Crippen molar-refractivity contribution in [1.82, 2.24) is 9.29 Å². The Bertz CT molecular complexity index is 621. The number of aliphatic hydroxyl groups is 1. The molecular weight excluding hydrogens is 290 g/mol. The van der Waals surface area contributed by atoms with E-state index in [0.29, 0.717) is 0 Å². The largest absolute Gasteiger partial charge is 0.467 e. The molecule has 1 aromatic heterocycles. The number of esters is 1. The van der Waals surface area contributed by atoms with Gasteiger partial charge >= 0.3 is 5.97 Å². The molecule has 9 nitrogen and oxygen atoms in total. The van der Waals surface area contributed by atoms with Crippen LogP contribution in [0, 0.1) is 0 Å². The van der Waals surface area contributed by atoms with Gasteiger partial charge in [-0.2, -0.15) is 0 Å². The van der Waals surface area contributed by atoms with Crippen LogP contribution in [0.5, 0.6) is 0 Å². The van der Waals surface area contributed by atoms with Gasteiger partial charge < -0.3 is 20.1 Å². The van der Waals surface area contributed by atoms with Gasteiger partial charge in [0.15, 0.2) is 6.10 Å². The highest BCUT2D eigenvalue weighted by atomic mass is 32.2. The van der Waals surface area contributed by atoms with Gasteiger partial charge in [-0.05, 0) is 6.07 Å². The Morgan fingerprint density at radius 2 is 2.15 bits per heavy atom. The fourth-order valence-corrected chi connectivity index (χ4v) is 2.53. The molecule has 1 amide bonds. The van der Waals surface area contributed by atoms with E-state index in [0.717, 1.165) is 13.2 Å². The van der Waals surface area contributed by atoms with Gasteiger partial charge in [-0.1, -0.05) is 0 Å². The monoisotopic (exact) mass is 305 g/mol. The molecule has 0 aliphatic heterocycles. The van der Waals surface area contributed by atoms with Crippen LogP contribution in [0.4, 0.5) is 0 Å². The summed E-state index contributed by atoms with van der Waals surface area (Å²) in [6, 6.07) is 1.09. The molecule has 0 aliphatic rings. The number of hydrogen-bond acceptors (Lipinski definition) is 6. The number of aromatic nitrogens is 1. The zero-order valence-corrected chi connectivity index (χ0v) is 11.7. The average molecular weight is 305 g/mol. The second kappa shape index (κ2) is 6.03. The molecule has 0 radical (unpaired) electrons. The van der Waals surface area contributed by atoms with E-state index in [1.807, 2.05) is 4.72 Å². The molecule has 0 fully saturated rings. The number of aliphatic hydroxyl groups excluding tert-OH is 1. The predicted octanol–water partition coefficient (Wildman–Crippen LogP) is -2.06. The number of primary amides is 1. The molecule has 1 aromatic rings. The third-order valence-electron chi connectivity index (χ3n) is 2.48. The smallest absolute Gasteiger partial charge is 0.336 e. The van der Waals surface area contributed by atoms with Crippen molar-refractivity contribution in [3.63, 3.8) is 0 Å². The average Bonchev–Trinajstić information content (AvgIpc) is 2.78. The first-order valence-electron chi connectivity index (χ1n) is 5.40. The minimum absolute atomic E-state index is 0.0129. The van der Waals surface area contributed by atoms with Crippen LogP contribution in [0.15, 0.2) is 17.2 Å². The second-order valence-electron chi connectivity index (χ2n) is 3.93. The van der Waals surface area contributed by atoms with Gasteiger partial charge in [-0.25, -0.2) is 17.9 Å². The second-order valence-corrected chi connectivity index (χ2v) is 5.69. The van der Waals surface area contributed by atoms with Crippen LogP contribution >= 0.6 is 0 Å². The maximum absolute atomic E-state index is 11.9. The standard InChI is InChI=1S/C10H15N3O6S/c1-13-5-6(3-7(13)9(11)15)20(17,18)12-4-8(14)10(16)19-2/h3,5,8,12,14H,4H2,1-2H3,(H2,11,15). The van der Waals surface area contributed by atoms with Crippen LogP contribution < -0.4 is 10.5 Å².